The van der Waals surface area contributed by atoms with Gasteiger partial charge in [-0.2, -0.15) is 0 Å². The molecular formula is C16H21N3O2. The number of hydrogen-bond acceptors (Lipinski definition) is 4. The molecular weight excluding hydrogens is 266 g/mol. The van der Waals surface area contributed by atoms with E-state index in [2.05, 4.69) is 29.1 Å². The summed E-state index contributed by atoms with van der Waals surface area (Å²) in [4.78, 5) is 19.0. The summed E-state index contributed by atoms with van der Waals surface area (Å²) in [5.74, 6) is 1.44. The van der Waals surface area contributed by atoms with Crippen molar-refractivity contribution in [2.24, 2.45) is 0 Å². The maximum atomic E-state index is 11.7. The van der Waals surface area contributed by atoms with E-state index in [1.54, 1.807) is 7.11 Å². The zero-order chi connectivity index (χ0) is 15.2. The summed E-state index contributed by atoms with van der Waals surface area (Å²) in [5.41, 5.74) is 1.62. The molecule has 0 unspecified atom stereocenters. The van der Waals surface area contributed by atoms with Crippen molar-refractivity contribution in [3.8, 4) is 5.75 Å². The maximum Gasteiger partial charge on any atom is 0.251 e. The smallest absolute Gasteiger partial charge is 0.251 e. The van der Waals surface area contributed by atoms with Crippen LogP contribution in [0.25, 0.3) is 0 Å². The molecule has 0 fully saturated rings. The third kappa shape index (κ3) is 4.43. The third-order valence-corrected chi connectivity index (χ3v) is 3.09. The molecule has 0 radical (unpaired) electrons. The fraction of sp³-hybridized carbons (Fsp3) is 0.375. The van der Waals surface area contributed by atoms with Crippen molar-refractivity contribution in [2.45, 2.75) is 32.9 Å². The SMILES string of the molecule is COc1ccccc1Cc1nc(CNC(C)C)cc(=O)[nH]1. The lowest BCUT2D eigenvalue weighted by Gasteiger charge is -2.10. The zero-order valence-electron chi connectivity index (χ0n) is 12.6. The number of hydrogen-bond donors (Lipinski definition) is 2. The predicted molar refractivity (Wildman–Crippen MR) is 82.6 cm³/mol. The molecule has 1 heterocycles. The molecule has 0 amide bonds. The lowest BCUT2D eigenvalue weighted by atomic mass is 10.1. The maximum absolute atomic E-state index is 11.7. The van der Waals surface area contributed by atoms with Crippen LogP contribution in [-0.2, 0) is 13.0 Å². The normalized spacial score (nSPS) is 10.9. The molecule has 0 aliphatic heterocycles. The van der Waals surface area contributed by atoms with Gasteiger partial charge in [-0.1, -0.05) is 32.0 Å². The average Bonchev–Trinajstić information content (AvgIpc) is 2.45. The monoisotopic (exact) mass is 287 g/mol. The van der Waals surface area contributed by atoms with Gasteiger partial charge < -0.3 is 15.0 Å². The van der Waals surface area contributed by atoms with Crippen molar-refractivity contribution in [3.63, 3.8) is 0 Å². The minimum absolute atomic E-state index is 0.129. The molecule has 1 aromatic carbocycles. The Hall–Kier alpha value is -2.14. The number of aromatic nitrogens is 2. The summed E-state index contributed by atoms with van der Waals surface area (Å²) in [7, 11) is 1.64. The molecule has 2 rings (SSSR count). The van der Waals surface area contributed by atoms with Crippen LogP contribution in [0.4, 0.5) is 0 Å². The van der Waals surface area contributed by atoms with E-state index < -0.39 is 0 Å². The molecule has 0 atom stereocenters. The van der Waals surface area contributed by atoms with Crippen LogP contribution in [0.15, 0.2) is 35.1 Å². The second kappa shape index (κ2) is 7.04. The number of benzene rings is 1. The van der Waals surface area contributed by atoms with Gasteiger partial charge in [0.1, 0.15) is 11.6 Å². The molecule has 0 spiro atoms. The zero-order valence-corrected chi connectivity index (χ0v) is 12.6. The molecule has 112 valence electrons. The van der Waals surface area contributed by atoms with Crippen molar-refractivity contribution in [1.82, 2.24) is 15.3 Å². The van der Waals surface area contributed by atoms with Gasteiger partial charge >= 0.3 is 0 Å². The van der Waals surface area contributed by atoms with Crippen LogP contribution in [-0.4, -0.2) is 23.1 Å². The average molecular weight is 287 g/mol. The van der Waals surface area contributed by atoms with E-state index in [1.807, 2.05) is 24.3 Å². The number of H-pyrrole nitrogens is 1. The van der Waals surface area contributed by atoms with Crippen LogP contribution >= 0.6 is 0 Å². The lowest BCUT2D eigenvalue weighted by Crippen LogP contribution is -2.24. The molecule has 2 aromatic rings. The van der Waals surface area contributed by atoms with Gasteiger partial charge in [0, 0.05) is 30.6 Å². The first-order chi connectivity index (χ1) is 10.1. The molecule has 5 nitrogen and oxygen atoms in total. The predicted octanol–water partition coefficient (Wildman–Crippen LogP) is 1.87. The fourth-order valence-electron chi connectivity index (χ4n) is 2.08. The minimum Gasteiger partial charge on any atom is -0.496 e. The first-order valence-corrected chi connectivity index (χ1v) is 7.03. The number of rotatable bonds is 6. The van der Waals surface area contributed by atoms with Crippen molar-refractivity contribution in [1.29, 1.82) is 0 Å². The van der Waals surface area contributed by atoms with Crippen molar-refractivity contribution < 1.29 is 4.74 Å². The number of methoxy groups -OCH3 is 1. The lowest BCUT2D eigenvalue weighted by molar-refractivity contribution is 0.410. The summed E-state index contributed by atoms with van der Waals surface area (Å²) < 4.78 is 5.32. The highest BCUT2D eigenvalue weighted by molar-refractivity contribution is 5.35. The molecule has 1 aromatic heterocycles. The van der Waals surface area contributed by atoms with E-state index in [-0.39, 0.29) is 5.56 Å². The van der Waals surface area contributed by atoms with Crippen LogP contribution in [0.2, 0.25) is 0 Å². The molecule has 2 N–H and O–H groups in total. The first-order valence-electron chi connectivity index (χ1n) is 7.03. The summed E-state index contributed by atoms with van der Waals surface area (Å²) in [6, 6.07) is 9.61. The molecule has 5 heteroatoms. The van der Waals surface area contributed by atoms with E-state index in [4.69, 9.17) is 4.74 Å². The van der Waals surface area contributed by atoms with Crippen molar-refractivity contribution in [3.05, 3.63) is 57.8 Å². The Labute approximate surface area is 124 Å². The topological polar surface area (TPSA) is 67.0 Å². The van der Waals surface area contributed by atoms with Gasteiger partial charge in [-0.05, 0) is 6.07 Å². The Bertz CT molecular complexity index is 650. The highest BCUT2D eigenvalue weighted by Gasteiger charge is 2.07. The van der Waals surface area contributed by atoms with Gasteiger partial charge in [-0.15, -0.1) is 0 Å². The quantitative estimate of drug-likeness (QED) is 0.851. The summed E-state index contributed by atoms with van der Waals surface area (Å²) >= 11 is 0. The Balaban J connectivity index is 2.21. The molecule has 0 bridgehead atoms. The second-order valence-electron chi connectivity index (χ2n) is 5.21. The number of ether oxygens (including phenoxy) is 1. The van der Waals surface area contributed by atoms with Crippen molar-refractivity contribution >= 4 is 0 Å². The van der Waals surface area contributed by atoms with Gasteiger partial charge in [0.05, 0.1) is 12.8 Å². The van der Waals surface area contributed by atoms with E-state index in [0.717, 1.165) is 17.0 Å². The molecule has 21 heavy (non-hydrogen) atoms. The molecule has 0 aliphatic rings. The summed E-state index contributed by atoms with van der Waals surface area (Å²) in [5, 5.41) is 3.26. The van der Waals surface area contributed by atoms with Gasteiger partial charge in [0.25, 0.3) is 5.56 Å². The largest absolute Gasteiger partial charge is 0.496 e. The molecule has 0 saturated carbocycles. The Kier molecular flexibility index (Phi) is 5.11. The van der Waals surface area contributed by atoms with Crippen LogP contribution in [0.3, 0.4) is 0 Å². The second-order valence-corrected chi connectivity index (χ2v) is 5.21. The van der Waals surface area contributed by atoms with Gasteiger partial charge in [0.15, 0.2) is 0 Å². The van der Waals surface area contributed by atoms with Gasteiger partial charge in [-0.25, -0.2) is 4.98 Å². The van der Waals surface area contributed by atoms with E-state index >= 15 is 0 Å². The number of para-hydroxylation sites is 1. The highest BCUT2D eigenvalue weighted by atomic mass is 16.5. The van der Waals surface area contributed by atoms with Crippen LogP contribution in [0.1, 0.15) is 30.9 Å². The Morgan fingerprint density at radius 1 is 1.33 bits per heavy atom. The van der Waals surface area contributed by atoms with Crippen LogP contribution in [0.5, 0.6) is 5.75 Å². The minimum atomic E-state index is -0.129. The molecule has 0 saturated heterocycles. The Morgan fingerprint density at radius 3 is 2.81 bits per heavy atom. The number of aromatic amines is 1. The fourth-order valence-corrected chi connectivity index (χ4v) is 2.08. The third-order valence-electron chi connectivity index (χ3n) is 3.09. The van der Waals surface area contributed by atoms with Gasteiger partial charge in [-0.3, -0.25) is 4.79 Å². The van der Waals surface area contributed by atoms with Crippen LogP contribution < -0.4 is 15.6 Å². The van der Waals surface area contributed by atoms with E-state index in [0.29, 0.717) is 24.8 Å². The van der Waals surface area contributed by atoms with Crippen LogP contribution in [0, 0.1) is 0 Å². The highest BCUT2D eigenvalue weighted by Crippen LogP contribution is 2.19. The molecule has 0 aliphatic carbocycles. The van der Waals surface area contributed by atoms with E-state index in [9.17, 15) is 4.79 Å². The van der Waals surface area contributed by atoms with E-state index in [1.165, 1.54) is 6.07 Å². The van der Waals surface area contributed by atoms with Crippen molar-refractivity contribution in [2.75, 3.05) is 7.11 Å². The standard InChI is InChI=1S/C16H21N3O2/c1-11(2)17-10-13-9-16(20)19-15(18-13)8-12-6-4-5-7-14(12)21-3/h4-7,9,11,17H,8,10H2,1-3H3,(H,18,19,20). The number of nitrogens with zero attached hydrogens (tertiary/aromatic N) is 1. The summed E-state index contributed by atoms with van der Waals surface area (Å²) in [6.45, 7) is 4.70. The first kappa shape index (κ1) is 15.3. The number of nitrogens with one attached hydrogen (secondary N) is 2. The Morgan fingerprint density at radius 2 is 2.10 bits per heavy atom. The van der Waals surface area contributed by atoms with Gasteiger partial charge in [0.2, 0.25) is 0 Å². The summed E-state index contributed by atoms with van der Waals surface area (Å²) in [6.07, 6.45) is 0.536.